The van der Waals surface area contributed by atoms with Crippen molar-refractivity contribution in [3.05, 3.63) is 30.1 Å². The van der Waals surface area contributed by atoms with Crippen LogP contribution in [-0.4, -0.2) is 16.6 Å². The van der Waals surface area contributed by atoms with Crippen molar-refractivity contribution in [2.75, 3.05) is 0 Å². The number of carbonyl (C=O) groups excluding carboxylic acids is 1. The van der Waals surface area contributed by atoms with Crippen molar-refractivity contribution in [3.8, 4) is 0 Å². The molecule has 4 nitrogen and oxygen atoms in total. The number of nitrogens with one attached hydrogen (secondary N) is 1. The summed E-state index contributed by atoms with van der Waals surface area (Å²) in [7, 11) is 0. The summed E-state index contributed by atoms with van der Waals surface area (Å²) in [4.78, 5) is 15.5. The van der Waals surface area contributed by atoms with Gasteiger partial charge in [-0.15, -0.1) is 0 Å². The Bertz CT molecular complexity index is 374. The van der Waals surface area contributed by atoms with Crippen molar-refractivity contribution < 1.29 is 4.79 Å². The number of aromatic nitrogens is 1. The van der Waals surface area contributed by atoms with Crippen molar-refractivity contribution in [2.45, 2.75) is 39.5 Å². The van der Waals surface area contributed by atoms with E-state index in [4.69, 9.17) is 0 Å². The van der Waals surface area contributed by atoms with Gasteiger partial charge in [-0.25, -0.2) is 5.43 Å². The second kappa shape index (κ2) is 7.54. The molecule has 92 valence electrons. The van der Waals surface area contributed by atoms with Gasteiger partial charge in [0, 0.05) is 23.7 Å². The van der Waals surface area contributed by atoms with E-state index in [-0.39, 0.29) is 5.91 Å². The molecule has 0 unspecified atom stereocenters. The molecule has 1 rings (SSSR count). The number of nitrogens with zero attached hydrogens (tertiary/aromatic N) is 2. The molecule has 0 aliphatic heterocycles. The summed E-state index contributed by atoms with van der Waals surface area (Å²) in [5, 5.41) is 4.07. The molecular weight excluding hydrogens is 214 g/mol. The predicted octanol–water partition coefficient (Wildman–Crippen LogP) is 2.77. The lowest BCUT2D eigenvalue weighted by molar-refractivity contribution is 0.0954. The van der Waals surface area contributed by atoms with Crippen LogP contribution in [0.15, 0.2) is 29.6 Å². The fraction of sp³-hybridized carbons (Fsp3) is 0.462. The molecule has 1 heterocycles. The zero-order valence-corrected chi connectivity index (χ0v) is 10.4. The van der Waals surface area contributed by atoms with E-state index in [1.807, 2.05) is 6.92 Å². The quantitative estimate of drug-likeness (QED) is 0.466. The Morgan fingerprint density at radius 2 is 2.06 bits per heavy atom. The molecule has 0 atom stereocenters. The minimum Gasteiger partial charge on any atom is -0.267 e. The molecule has 0 saturated heterocycles. The van der Waals surface area contributed by atoms with Crippen molar-refractivity contribution in [1.82, 2.24) is 10.4 Å². The fourth-order valence-corrected chi connectivity index (χ4v) is 1.40. The van der Waals surface area contributed by atoms with E-state index >= 15 is 0 Å². The largest absolute Gasteiger partial charge is 0.271 e. The summed E-state index contributed by atoms with van der Waals surface area (Å²) in [5.41, 5.74) is 4.08. The minimum absolute atomic E-state index is 0.192. The smallest absolute Gasteiger partial charge is 0.267 e. The van der Waals surface area contributed by atoms with Crippen LogP contribution < -0.4 is 5.43 Å². The van der Waals surface area contributed by atoms with Gasteiger partial charge >= 0.3 is 0 Å². The third kappa shape index (κ3) is 5.24. The molecule has 0 aromatic carbocycles. The maximum atomic E-state index is 11.6. The number of hydrogen-bond acceptors (Lipinski definition) is 3. The lowest BCUT2D eigenvalue weighted by Crippen LogP contribution is -2.19. The maximum absolute atomic E-state index is 11.6. The molecule has 0 bridgehead atoms. The van der Waals surface area contributed by atoms with Gasteiger partial charge in [0.25, 0.3) is 5.91 Å². The van der Waals surface area contributed by atoms with Gasteiger partial charge in [0.1, 0.15) is 0 Å². The SMILES string of the molecule is CCCCC/C(C)=N/NC(=O)c1ccncc1. The molecule has 4 heteroatoms. The van der Waals surface area contributed by atoms with Crippen LogP contribution in [0, 0.1) is 0 Å². The fourth-order valence-electron chi connectivity index (χ4n) is 1.40. The Morgan fingerprint density at radius 3 is 2.71 bits per heavy atom. The molecule has 0 saturated carbocycles. The minimum atomic E-state index is -0.192. The van der Waals surface area contributed by atoms with Crippen molar-refractivity contribution in [2.24, 2.45) is 5.10 Å². The molecule has 0 fully saturated rings. The van der Waals surface area contributed by atoms with Crippen LogP contribution >= 0.6 is 0 Å². The molecular formula is C13H19N3O. The molecule has 0 aliphatic carbocycles. The average molecular weight is 233 g/mol. The van der Waals surface area contributed by atoms with Gasteiger partial charge in [-0.05, 0) is 31.9 Å². The van der Waals surface area contributed by atoms with Gasteiger partial charge in [0.15, 0.2) is 0 Å². The highest BCUT2D eigenvalue weighted by atomic mass is 16.2. The number of amides is 1. The van der Waals surface area contributed by atoms with E-state index in [2.05, 4.69) is 22.4 Å². The molecule has 0 aliphatic rings. The topological polar surface area (TPSA) is 54.4 Å². The third-order valence-corrected chi connectivity index (χ3v) is 2.43. The first-order valence-electron chi connectivity index (χ1n) is 5.97. The van der Waals surface area contributed by atoms with Crippen LogP contribution in [-0.2, 0) is 0 Å². The van der Waals surface area contributed by atoms with E-state index < -0.39 is 0 Å². The zero-order chi connectivity index (χ0) is 12.5. The Balaban J connectivity index is 2.39. The Kier molecular flexibility index (Phi) is 5.93. The van der Waals surface area contributed by atoms with E-state index in [9.17, 15) is 4.79 Å². The first kappa shape index (κ1) is 13.4. The zero-order valence-electron chi connectivity index (χ0n) is 10.4. The highest BCUT2D eigenvalue weighted by Crippen LogP contribution is 2.00. The van der Waals surface area contributed by atoms with Gasteiger partial charge in [-0.3, -0.25) is 9.78 Å². The molecule has 0 radical (unpaired) electrons. The Morgan fingerprint density at radius 1 is 1.35 bits per heavy atom. The number of hydrogen-bond donors (Lipinski definition) is 1. The van der Waals surface area contributed by atoms with Gasteiger partial charge in [0.05, 0.1) is 0 Å². The van der Waals surface area contributed by atoms with Crippen LogP contribution in [0.3, 0.4) is 0 Å². The summed E-state index contributed by atoms with van der Waals surface area (Å²) < 4.78 is 0. The van der Waals surface area contributed by atoms with Gasteiger partial charge in [-0.1, -0.05) is 19.8 Å². The van der Waals surface area contributed by atoms with E-state index in [1.54, 1.807) is 24.5 Å². The van der Waals surface area contributed by atoms with Crippen LogP contribution in [0.2, 0.25) is 0 Å². The summed E-state index contributed by atoms with van der Waals surface area (Å²) in [6, 6.07) is 3.33. The first-order chi connectivity index (χ1) is 8.24. The molecule has 1 amide bonds. The van der Waals surface area contributed by atoms with E-state index in [1.165, 1.54) is 12.8 Å². The highest BCUT2D eigenvalue weighted by molar-refractivity contribution is 5.95. The number of hydrazone groups is 1. The Labute approximate surface area is 102 Å². The van der Waals surface area contributed by atoms with Gasteiger partial charge in [-0.2, -0.15) is 5.10 Å². The van der Waals surface area contributed by atoms with Gasteiger partial charge in [0.2, 0.25) is 0 Å². The third-order valence-electron chi connectivity index (χ3n) is 2.43. The van der Waals surface area contributed by atoms with Gasteiger partial charge < -0.3 is 0 Å². The number of pyridine rings is 1. The van der Waals surface area contributed by atoms with E-state index in [0.717, 1.165) is 18.6 Å². The second-order valence-electron chi connectivity index (χ2n) is 3.98. The summed E-state index contributed by atoms with van der Waals surface area (Å²) in [6.07, 6.45) is 7.63. The number of unbranched alkanes of at least 4 members (excludes halogenated alkanes) is 2. The molecule has 1 aromatic rings. The maximum Gasteiger partial charge on any atom is 0.271 e. The lowest BCUT2D eigenvalue weighted by atomic mass is 10.1. The predicted molar refractivity (Wildman–Crippen MR) is 69.0 cm³/mol. The summed E-state index contributed by atoms with van der Waals surface area (Å²) in [6.45, 7) is 4.10. The first-order valence-corrected chi connectivity index (χ1v) is 5.97. The van der Waals surface area contributed by atoms with Crippen molar-refractivity contribution in [3.63, 3.8) is 0 Å². The normalized spacial score (nSPS) is 11.3. The van der Waals surface area contributed by atoms with Crippen molar-refractivity contribution >= 4 is 11.6 Å². The molecule has 1 aromatic heterocycles. The standard InChI is InChI=1S/C13H19N3O/c1-3-4-5-6-11(2)15-16-13(17)12-7-9-14-10-8-12/h7-10H,3-6H2,1-2H3,(H,16,17)/b15-11+. The van der Waals surface area contributed by atoms with Crippen LogP contribution in [0.4, 0.5) is 0 Å². The van der Waals surface area contributed by atoms with Crippen LogP contribution in [0.25, 0.3) is 0 Å². The van der Waals surface area contributed by atoms with Crippen LogP contribution in [0.1, 0.15) is 49.9 Å². The average Bonchev–Trinajstić information content (AvgIpc) is 2.37. The van der Waals surface area contributed by atoms with E-state index in [0.29, 0.717) is 5.56 Å². The molecule has 1 N–H and O–H groups in total. The van der Waals surface area contributed by atoms with Crippen LogP contribution in [0.5, 0.6) is 0 Å². The lowest BCUT2D eigenvalue weighted by Gasteiger charge is -2.02. The Hall–Kier alpha value is -1.71. The summed E-state index contributed by atoms with van der Waals surface area (Å²) in [5.74, 6) is -0.192. The summed E-state index contributed by atoms with van der Waals surface area (Å²) >= 11 is 0. The molecule has 17 heavy (non-hydrogen) atoms. The second-order valence-corrected chi connectivity index (χ2v) is 3.98. The monoisotopic (exact) mass is 233 g/mol. The number of rotatable bonds is 6. The number of carbonyl (C=O) groups is 1. The van der Waals surface area contributed by atoms with Crippen molar-refractivity contribution in [1.29, 1.82) is 0 Å². The highest BCUT2D eigenvalue weighted by Gasteiger charge is 2.02. The molecule has 0 spiro atoms.